The van der Waals surface area contributed by atoms with Crippen molar-refractivity contribution in [3.63, 3.8) is 0 Å². The van der Waals surface area contributed by atoms with Crippen LogP contribution in [0.2, 0.25) is 5.02 Å². The number of nitrogens with one attached hydrogen (secondary N) is 2. The van der Waals surface area contributed by atoms with Crippen LogP contribution in [0.15, 0.2) is 36.4 Å². The number of aliphatic carboxylic acids is 1. The molecule has 0 unspecified atom stereocenters. The Morgan fingerprint density at radius 1 is 1.07 bits per heavy atom. The number of ether oxygens (including phenoxy) is 2. The Labute approximate surface area is 173 Å². The van der Waals surface area contributed by atoms with Crippen molar-refractivity contribution in [2.24, 2.45) is 0 Å². The van der Waals surface area contributed by atoms with Crippen molar-refractivity contribution in [1.29, 1.82) is 0 Å². The van der Waals surface area contributed by atoms with Gasteiger partial charge < -0.3 is 25.2 Å². The lowest BCUT2D eigenvalue weighted by molar-refractivity contribution is -0.139. The third-order valence-corrected chi connectivity index (χ3v) is 5.62. The monoisotopic (exact) mass is 416 g/mol. The van der Waals surface area contributed by atoms with E-state index in [4.69, 9.17) is 26.2 Å². The molecule has 0 aromatic heterocycles. The van der Waals surface area contributed by atoms with Crippen molar-refractivity contribution in [2.45, 2.75) is 37.6 Å². The number of carbonyl (C=O) groups is 2. The van der Waals surface area contributed by atoms with E-state index in [1.807, 2.05) is 6.07 Å². The molecule has 3 N–H and O–H groups in total. The van der Waals surface area contributed by atoms with Gasteiger partial charge in [0.15, 0.2) is 6.61 Å². The summed E-state index contributed by atoms with van der Waals surface area (Å²) in [6.45, 7) is -0.404. The Morgan fingerprint density at radius 2 is 1.76 bits per heavy atom. The molecule has 2 aromatic rings. The average Bonchev–Trinajstić information content (AvgIpc) is 2.70. The van der Waals surface area contributed by atoms with Crippen LogP contribution in [0.25, 0.3) is 0 Å². The summed E-state index contributed by atoms with van der Waals surface area (Å²) >= 11 is 6.40. The zero-order valence-electron chi connectivity index (χ0n) is 15.7. The van der Waals surface area contributed by atoms with E-state index in [1.165, 1.54) is 0 Å². The predicted octanol–water partition coefficient (Wildman–Crippen LogP) is 4.89. The average molecular weight is 417 g/mol. The smallest absolute Gasteiger partial charge is 0.341 e. The van der Waals surface area contributed by atoms with E-state index in [0.717, 1.165) is 37.7 Å². The number of benzene rings is 2. The zero-order valence-corrected chi connectivity index (χ0v) is 16.4. The number of carbonyl (C=O) groups excluding carboxylic acids is 1. The van der Waals surface area contributed by atoms with Gasteiger partial charge >= 0.3 is 12.0 Å². The SMILES string of the molecule is O=C(O)COc1ccc(Oc2ccc(Cl)c3c2C2(CCCCC2)NC(=O)N3)cc1. The molecule has 8 heteroatoms. The molecule has 1 spiro atoms. The Morgan fingerprint density at radius 3 is 2.45 bits per heavy atom. The fraction of sp³-hybridized carbons (Fsp3) is 0.333. The van der Waals surface area contributed by atoms with Gasteiger partial charge in [0.05, 0.1) is 16.2 Å². The number of amides is 2. The Kier molecular flexibility index (Phi) is 5.24. The second-order valence-electron chi connectivity index (χ2n) is 7.27. The van der Waals surface area contributed by atoms with Crippen molar-refractivity contribution in [2.75, 3.05) is 11.9 Å². The van der Waals surface area contributed by atoms with E-state index in [2.05, 4.69) is 10.6 Å². The molecule has 0 bridgehead atoms. The summed E-state index contributed by atoms with van der Waals surface area (Å²) in [4.78, 5) is 22.9. The molecule has 152 valence electrons. The van der Waals surface area contributed by atoms with Crippen molar-refractivity contribution in [3.05, 3.63) is 47.0 Å². The van der Waals surface area contributed by atoms with Gasteiger partial charge in [0.2, 0.25) is 0 Å². The maximum atomic E-state index is 12.3. The molecule has 4 rings (SSSR count). The van der Waals surface area contributed by atoms with Gasteiger partial charge in [-0.1, -0.05) is 30.9 Å². The molecule has 0 saturated heterocycles. The lowest BCUT2D eigenvalue weighted by Crippen LogP contribution is -2.52. The molecule has 1 saturated carbocycles. The first-order chi connectivity index (χ1) is 14.0. The number of urea groups is 1. The van der Waals surface area contributed by atoms with E-state index in [9.17, 15) is 9.59 Å². The summed E-state index contributed by atoms with van der Waals surface area (Å²) in [5.74, 6) is 0.596. The molecule has 0 atom stereocenters. The Balaban J connectivity index is 1.66. The maximum absolute atomic E-state index is 12.3. The van der Waals surface area contributed by atoms with Gasteiger partial charge in [-0.25, -0.2) is 9.59 Å². The summed E-state index contributed by atoms with van der Waals surface area (Å²) in [6, 6.07) is 9.99. The highest BCUT2D eigenvalue weighted by atomic mass is 35.5. The van der Waals surface area contributed by atoms with Gasteiger partial charge in [-0.05, 0) is 49.2 Å². The molecule has 1 fully saturated rings. The normalized spacial score (nSPS) is 17.1. The summed E-state index contributed by atoms with van der Waals surface area (Å²) in [6.07, 6.45) is 4.82. The minimum Gasteiger partial charge on any atom is -0.482 e. The topological polar surface area (TPSA) is 96.9 Å². The Bertz CT molecular complexity index is 939. The first-order valence-electron chi connectivity index (χ1n) is 9.51. The van der Waals surface area contributed by atoms with E-state index < -0.39 is 18.1 Å². The van der Waals surface area contributed by atoms with Gasteiger partial charge in [-0.2, -0.15) is 0 Å². The van der Waals surface area contributed by atoms with E-state index in [-0.39, 0.29) is 6.03 Å². The fourth-order valence-electron chi connectivity index (χ4n) is 4.07. The van der Waals surface area contributed by atoms with Crippen molar-refractivity contribution in [1.82, 2.24) is 5.32 Å². The largest absolute Gasteiger partial charge is 0.482 e. The highest BCUT2D eigenvalue weighted by Gasteiger charge is 2.43. The molecule has 2 aromatic carbocycles. The van der Waals surface area contributed by atoms with Gasteiger partial charge in [0.25, 0.3) is 0 Å². The van der Waals surface area contributed by atoms with Crippen LogP contribution < -0.4 is 20.1 Å². The minimum atomic E-state index is -1.04. The van der Waals surface area contributed by atoms with E-state index in [0.29, 0.717) is 28.0 Å². The first kappa shape index (κ1) is 19.4. The number of hydrogen-bond acceptors (Lipinski definition) is 4. The second kappa shape index (κ2) is 7.83. The van der Waals surface area contributed by atoms with Gasteiger partial charge in [0.1, 0.15) is 17.2 Å². The molecule has 0 radical (unpaired) electrons. The molecular formula is C21H21ClN2O5. The molecule has 1 heterocycles. The molecule has 1 aliphatic heterocycles. The number of halogens is 1. The summed E-state index contributed by atoms with van der Waals surface area (Å²) in [7, 11) is 0. The van der Waals surface area contributed by atoms with E-state index >= 15 is 0 Å². The lowest BCUT2D eigenvalue weighted by atomic mass is 9.74. The lowest BCUT2D eigenvalue weighted by Gasteiger charge is -2.43. The van der Waals surface area contributed by atoms with Crippen LogP contribution in [0.4, 0.5) is 10.5 Å². The highest BCUT2D eigenvalue weighted by Crippen LogP contribution is 2.49. The van der Waals surface area contributed by atoms with Crippen molar-refractivity contribution in [3.8, 4) is 17.2 Å². The number of anilines is 1. The molecular weight excluding hydrogens is 396 g/mol. The molecule has 7 nitrogen and oxygen atoms in total. The van der Waals surface area contributed by atoms with E-state index in [1.54, 1.807) is 30.3 Å². The van der Waals surface area contributed by atoms with Crippen LogP contribution in [0.5, 0.6) is 17.2 Å². The van der Waals surface area contributed by atoms with Crippen LogP contribution in [0.1, 0.15) is 37.7 Å². The number of rotatable bonds is 5. The van der Waals surface area contributed by atoms with Crippen LogP contribution in [0.3, 0.4) is 0 Å². The third kappa shape index (κ3) is 3.96. The predicted molar refractivity (Wildman–Crippen MR) is 108 cm³/mol. The maximum Gasteiger partial charge on any atom is 0.341 e. The number of hydrogen-bond donors (Lipinski definition) is 3. The zero-order chi connectivity index (χ0) is 20.4. The molecule has 2 aliphatic rings. The van der Waals surface area contributed by atoms with Gasteiger partial charge in [-0.3, -0.25) is 0 Å². The van der Waals surface area contributed by atoms with Crippen molar-refractivity contribution < 1.29 is 24.2 Å². The number of fused-ring (bicyclic) bond motifs is 2. The fourth-order valence-corrected chi connectivity index (χ4v) is 4.28. The quantitative estimate of drug-likeness (QED) is 0.644. The molecule has 1 aliphatic carbocycles. The first-order valence-corrected chi connectivity index (χ1v) is 9.89. The van der Waals surface area contributed by atoms with Crippen LogP contribution in [-0.4, -0.2) is 23.7 Å². The summed E-state index contributed by atoms with van der Waals surface area (Å²) in [5, 5.41) is 15.1. The third-order valence-electron chi connectivity index (χ3n) is 5.31. The number of carboxylic acids is 1. The van der Waals surface area contributed by atoms with Crippen molar-refractivity contribution >= 4 is 29.3 Å². The van der Waals surface area contributed by atoms with Crippen LogP contribution >= 0.6 is 11.6 Å². The number of carboxylic acid groups (broad SMARTS) is 1. The summed E-state index contributed by atoms with van der Waals surface area (Å²) < 4.78 is 11.3. The highest BCUT2D eigenvalue weighted by molar-refractivity contribution is 6.34. The standard InChI is InChI=1S/C21H21ClN2O5/c22-15-8-9-16(29-14-6-4-13(5-7-14)28-12-17(25)26)18-19(15)23-20(27)24-21(18)10-2-1-3-11-21/h4-9H,1-3,10-12H2,(H,25,26)(H2,23,24,27). The second-order valence-corrected chi connectivity index (χ2v) is 7.68. The van der Waals surface area contributed by atoms with Crippen LogP contribution in [-0.2, 0) is 10.3 Å². The van der Waals surface area contributed by atoms with Gasteiger partial charge in [0, 0.05) is 5.56 Å². The minimum absolute atomic E-state index is 0.251. The Hall–Kier alpha value is -2.93. The molecule has 2 amide bonds. The van der Waals surface area contributed by atoms with Gasteiger partial charge in [-0.15, -0.1) is 0 Å². The summed E-state index contributed by atoms with van der Waals surface area (Å²) in [5.41, 5.74) is 0.965. The van der Waals surface area contributed by atoms with Crippen LogP contribution in [0, 0.1) is 0 Å². The molecule has 29 heavy (non-hydrogen) atoms.